The monoisotopic (exact) mass is 336 g/mol. The summed E-state index contributed by atoms with van der Waals surface area (Å²) < 4.78 is 25.0. The molecule has 7 heteroatoms. The predicted octanol–water partition coefficient (Wildman–Crippen LogP) is 1.84. The van der Waals surface area contributed by atoms with Crippen LogP contribution in [0.4, 0.5) is 0 Å². The van der Waals surface area contributed by atoms with Gasteiger partial charge in [-0.1, -0.05) is 26.2 Å². The second-order valence-electron chi connectivity index (χ2n) is 5.63. The molecule has 1 saturated carbocycles. The van der Waals surface area contributed by atoms with Crippen LogP contribution in [0.2, 0.25) is 0 Å². The summed E-state index contributed by atoms with van der Waals surface area (Å²) >= 11 is 1.81. The van der Waals surface area contributed by atoms with Gasteiger partial charge in [-0.3, -0.25) is 4.79 Å². The summed E-state index contributed by atoms with van der Waals surface area (Å²) in [6.45, 7) is 4.44. The van der Waals surface area contributed by atoms with Gasteiger partial charge in [0.15, 0.2) is 0 Å². The molecule has 0 spiro atoms. The average molecular weight is 337 g/mol. The number of carbonyl (C=O) groups is 1. The molecule has 1 aliphatic rings. The second-order valence-corrected chi connectivity index (χ2v) is 8.81. The van der Waals surface area contributed by atoms with Gasteiger partial charge in [0, 0.05) is 18.3 Å². The Morgan fingerprint density at radius 1 is 1.33 bits per heavy atom. The van der Waals surface area contributed by atoms with Crippen LogP contribution in [0.1, 0.15) is 46.0 Å². The average Bonchev–Trinajstić information content (AvgIpc) is 2.42. The molecule has 0 bridgehead atoms. The van der Waals surface area contributed by atoms with Gasteiger partial charge in [0.1, 0.15) is 0 Å². The highest BCUT2D eigenvalue weighted by Gasteiger charge is 2.29. The summed E-state index contributed by atoms with van der Waals surface area (Å²) in [5, 5.41) is 0. The minimum atomic E-state index is -3.36. The minimum absolute atomic E-state index is 0.0935. The molecule has 1 fully saturated rings. The van der Waals surface area contributed by atoms with E-state index >= 15 is 0 Å². The summed E-state index contributed by atoms with van der Waals surface area (Å²) in [4.78, 5) is 14.5. The van der Waals surface area contributed by atoms with Crippen LogP contribution in [0.3, 0.4) is 0 Å². The van der Waals surface area contributed by atoms with Crippen LogP contribution in [-0.4, -0.2) is 55.6 Å². The lowest BCUT2D eigenvalue weighted by Crippen LogP contribution is -2.51. The van der Waals surface area contributed by atoms with Crippen molar-refractivity contribution in [1.82, 2.24) is 9.62 Å². The molecule has 1 aliphatic carbocycles. The van der Waals surface area contributed by atoms with Crippen LogP contribution < -0.4 is 4.72 Å². The first-order chi connectivity index (χ1) is 9.85. The molecule has 0 aromatic heterocycles. The first-order valence-corrected chi connectivity index (χ1v) is 10.7. The molecule has 0 aromatic rings. The van der Waals surface area contributed by atoms with Crippen molar-refractivity contribution in [2.24, 2.45) is 0 Å². The van der Waals surface area contributed by atoms with Crippen LogP contribution in [0.25, 0.3) is 0 Å². The first kappa shape index (κ1) is 18.8. The van der Waals surface area contributed by atoms with E-state index in [1.807, 2.05) is 16.7 Å². The maximum Gasteiger partial charge on any atom is 0.240 e. The highest BCUT2D eigenvalue weighted by atomic mass is 32.2. The van der Waals surface area contributed by atoms with Crippen LogP contribution in [0.15, 0.2) is 0 Å². The Morgan fingerprint density at radius 2 is 1.95 bits per heavy atom. The Balaban J connectivity index is 2.70. The van der Waals surface area contributed by atoms with Crippen molar-refractivity contribution in [3.05, 3.63) is 0 Å². The first-order valence-electron chi connectivity index (χ1n) is 7.70. The summed E-state index contributed by atoms with van der Waals surface area (Å²) in [6, 6.07) is -0.416. The molecule has 5 nitrogen and oxygen atoms in total. The van der Waals surface area contributed by atoms with Crippen molar-refractivity contribution in [1.29, 1.82) is 0 Å². The zero-order valence-electron chi connectivity index (χ0n) is 13.3. The van der Waals surface area contributed by atoms with E-state index in [0.717, 1.165) is 43.4 Å². The van der Waals surface area contributed by atoms with Gasteiger partial charge in [-0.25, -0.2) is 13.1 Å². The molecule has 1 amide bonds. The van der Waals surface area contributed by atoms with E-state index in [1.54, 1.807) is 6.92 Å². The fourth-order valence-corrected chi connectivity index (χ4v) is 4.15. The lowest BCUT2D eigenvalue weighted by atomic mass is 9.94. The SMILES string of the molecule is CCSCCN(C(=O)[C@@H](C)NS(C)(=O)=O)C1CCCCC1. The van der Waals surface area contributed by atoms with E-state index < -0.39 is 16.1 Å². The number of carbonyl (C=O) groups excluding carboxylic acids is 1. The molecule has 0 aliphatic heterocycles. The van der Waals surface area contributed by atoms with E-state index in [1.165, 1.54) is 6.42 Å². The van der Waals surface area contributed by atoms with Crippen molar-refractivity contribution in [3.63, 3.8) is 0 Å². The highest BCUT2D eigenvalue weighted by Crippen LogP contribution is 2.23. The number of thioether (sulfide) groups is 1. The Bertz CT molecular complexity index is 420. The third kappa shape index (κ3) is 7.02. The van der Waals surface area contributed by atoms with Crippen LogP contribution >= 0.6 is 11.8 Å². The zero-order valence-corrected chi connectivity index (χ0v) is 14.9. The Hall–Kier alpha value is -0.270. The zero-order chi connectivity index (χ0) is 15.9. The van der Waals surface area contributed by atoms with Crippen molar-refractivity contribution < 1.29 is 13.2 Å². The number of amides is 1. The molecule has 1 N–H and O–H groups in total. The molecule has 0 saturated heterocycles. The molecule has 1 atom stereocenters. The fourth-order valence-electron chi connectivity index (χ4n) is 2.79. The van der Waals surface area contributed by atoms with Gasteiger partial charge in [0.2, 0.25) is 15.9 Å². The topological polar surface area (TPSA) is 66.5 Å². The van der Waals surface area contributed by atoms with Crippen molar-refractivity contribution >= 4 is 27.7 Å². The van der Waals surface area contributed by atoms with Gasteiger partial charge < -0.3 is 4.90 Å². The molecule has 124 valence electrons. The summed E-state index contributed by atoms with van der Waals surface area (Å²) in [7, 11) is -3.36. The lowest BCUT2D eigenvalue weighted by Gasteiger charge is -2.36. The van der Waals surface area contributed by atoms with E-state index in [2.05, 4.69) is 11.6 Å². The Labute approximate surface area is 133 Å². The van der Waals surface area contributed by atoms with Gasteiger partial charge in [0.05, 0.1) is 12.3 Å². The Kier molecular flexibility index (Phi) is 8.05. The van der Waals surface area contributed by atoms with Crippen molar-refractivity contribution in [3.8, 4) is 0 Å². The number of sulfonamides is 1. The normalized spacial score (nSPS) is 18.4. The number of nitrogens with one attached hydrogen (secondary N) is 1. The summed E-state index contributed by atoms with van der Waals surface area (Å²) in [5.41, 5.74) is 0. The fraction of sp³-hybridized carbons (Fsp3) is 0.929. The molecule has 0 radical (unpaired) electrons. The summed E-state index contributed by atoms with van der Waals surface area (Å²) in [6.07, 6.45) is 6.71. The number of nitrogens with zero attached hydrogens (tertiary/aromatic N) is 1. The number of hydrogen-bond donors (Lipinski definition) is 1. The standard InChI is InChI=1S/C14H28N2O3S2/c1-4-20-11-10-16(13-8-6-5-7-9-13)14(17)12(2)15-21(3,18)19/h12-13,15H,4-11H2,1-3H3/t12-/m1/s1. The molecular weight excluding hydrogens is 308 g/mol. The predicted molar refractivity (Wildman–Crippen MR) is 89.0 cm³/mol. The quantitative estimate of drug-likeness (QED) is 0.687. The molecular formula is C14H28N2O3S2. The smallest absolute Gasteiger partial charge is 0.240 e. The van der Waals surface area contributed by atoms with Gasteiger partial charge in [0.25, 0.3) is 0 Å². The maximum atomic E-state index is 12.6. The van der Waals surface area contributed by atoms with Gasteiger partial charge in [-0.15, -0.1) is 0 Å². The van der Waals surface area contributed by atoms with Crippen molar-refractivity contribution in [2.45, 2.75) is 58.0 Å². The van der Waals surface area contributed by atoms with E-state index in [-0.39, 0.29) is 11.9 Å². The summed E-state index contributed by atoms with van der Waals surface area (Å²) in [5.74, 6) is 1.85. The largest absolute Gasteiger partial charge is 0.338 e. The maximum absolute atomic E-state index is 12.6. The second kappa shape index (κ2) is 9.00. The molecule has 0 aromatic carbocycles. The minimum Gasteiger partial charge on any atom is -0.338 e. The molecule has 0 heterocycles. The van der Waals surface area contributed by atoms with Crippen LogP contribution in [0, 0.1) is 0 Å². The highest BCUT2D eigenvalue weighted by molar-refractivity contribution is 7.99. The van der Waals surface area contributed by atoms with E-state index in [9.17, 15) is 13.2 Å². The van der Waals surface area contributed by atoms with Gasteiger partial charge >= 0.3 is 0 Å². The van der Waals surface area contributed by atoms with E-state index in [4.69, 9.17) is 0 Å². The molecule has 0 unspecified atom stereocenters. The molecule has 1 rings (SSSR count). The van der Waals surface area contributed by atoms with Gasteiger partial charge in [-0.05, 0) is 25.5 Å². The van der Waals surface area contributed by atoms with Crippen LogP contribution in [0.5, 0.6) is 0 Å². The Morgan fingerprint density at radius 3 is 2.48 bits per heavy atom. The third-order valence-electron chi connectivity index (χ3n) is 3.74. The number of rotatable bonds is 8. The lowest BCUT2D eigenvalue weighted by molar-refractivity contribution is -0.135. The van der Waals surface area contributed by atoms with Gasteiger partial charge in [-0.2, -0.15) is 11.8 Å². The third-order valence-corrected chi connectivity index (χ3v) is 5.40. The van der Waals surface area contributed by atoms with Crippen molar-refractivity contribution in [2.75, 3.05) is 24.3 Å². The number of hydrogen-bond acceptors (Lipinski definition) is 4. The van der Waals surface area contributed by atoms with E-state index in [0.29, 0.717) is 6.54 Å². The van der Waals surface area contributed by atoms with Crippen LogP contribution in [-0.2, 0) is 14.8 Å². The molecule has 21 heavy (non-hydrogen) atoms.